The zero-order valence-corrected chi connectivity index (χ0v) is 8.26. The molecular weight excluding hydrogens is 188 g/mol. The number of phenolic OH excluding ortho intramolecular Hbond substituents is 1. The lowest BCUT2D eigenvalue weighted by Gasteiger charge is -2.15. The largest absolute Gasteiger partial charge is 0.507 e. The van der Waals surface area contributed by atoms with Gasteiger partial charge in [-0.05, 0) is 12.1 Å². The summed E-state index contributed by atoms with van der Waals surface area (Å²) >= 11 is 5.84. The molecule has 1 aromatic rings. The van der Waals surface area contributed by atoms with E-state index in [4.69, 9.17) is 17.0 Å². The molecule has 0 atom stereocenters. The van der Waals surface area contributed by atoms with Gasteiger partial charge in [0.15, 0.2) is 0 Å². The van der Waals surface area contributed by atoms with Gasteiger partial charge in [-0.3, -0.25) is 5.41 Å². The summed E-state index contributed by atoms with van der Waals surface area (Å²) in [7, 11) is 3.45. The Morgan fingerprint density at radius 1 is 1.46 bits per heavy atom. The highest BCUT2D eigenvalue weighted by atomic mass is 35.5. The Kier molecular flexibility index (Phi) is 2.78. The van der Waals surface area contributed by atoms with E-state index in [9.17, 15) is 5.11 Å². The number of hydrogen-bond donors (Lipinski definition) is 2. The van der Waals surface area contributed by atoms with Crippen molar-refractivity contribution in [1.29, 1.82) is 5.41 Å². The maximum atomic E-state index is 9.46. The van der Waals surface area contributed by atoms with E-state index >= 15 is 0 Å². The Morgan fingerprint density at radius 2 is 2.08 bits per heavy atom. The minimum Gasteiger partial charge on any atom is -0.507 e. The summed E-state index contributed by atoms with van der Waals surface area (Å²) < 4.78 is 0. The van der Waals surface area contributed by atoms with E-state index in [1.807, 2.05) is 0 Å². The number of hydrogen-bond acceptors (Lipinski definition) is 2. The van der Waals surface area contributed by atoms with Crippen molar-refractivity contribution in [2.45, 2.75) is 0 Å². The molecule has 0 bridgehead atoms. The molecule has 0 saturated heterocycles. The van der Waals surface area contributed by atoms with Crippen LogP contribution in [0, 0.1) is 5.41 Å². The van der Waals surface area contributed by atoms with E-state index in [2.05, 4.69) is 0 Å². The lowest BCUT2D eigenvalue weighted by Crippen LogP contribution is -2.22. The van der Waals surface area contributed by atoms with Crippen LogP contribution in [0.25, 0.3) is 0 Å². The molecule has 0 amide bonds. The number of rotatable bonds is 1. The van der Waals surface area contributed by atoms with Crippen LogP contribution in [0.4, 0.5) is 0 Å². The molecule has 0 aliphatic rings. The Morgan fingerprint density at radius 3 is 2.54 bits per heavy atom. The van der Waals surface area contributed by atoms with Gasteiger partial charge < -0.3 is 10.0 Å². The van der Waals surface area contributed by atoms with E-state index in [0.717, 1.165) is 0 Å². The number of phenols is 1. The van der Waals surface area contributed by atoms with E-state index in [1.165, 1.54) is 6.07 Å². The molecule has 1 rings (SSSR count). The Bertz CT molecular complexity index is 316. The zero-order valence-electron chi connectivity index (χ0n) is 7.50. The fourth-order valence-electron chi connectivity index (χ4n) is 0.971. The van der Waals surface area contributed by atoms with Crippen molar-refractivity contribution in [2.75, 3.05) is 14.1 Å². The first-order valence-electron chi connectivity index (χ1n) is 3.77. The molecule has 0 fully saturated rings. The second-order valence-corrected chi connectivity index (χ2v) is 3.28. The van der Waals surface area contributed by atoms with E-state index in [-0.39, 0.29) is 11.6 Å². The Balaban J connectivity index is 3.20. The van der Waals surface area contributed by atoms with Gasteiger partial charge in [0, 0.05) is 14.1 Å². The number of amidine groups is 1. The lowest BCUT2D eigenvalue weighted by atomic mass is 10.1. The van der Waals surface area contributed by atoms with Crippen LogP contribution in [0.5, 0.6) is 5.75 Å². The zero-order chi connectivity index (χ0) is 10.0. The summed E-state index contributed by atoms with van der Waals surface area (Å²) in [5, 5.41) is 17.5. The van der Waals surface area contributed by atoms with Crippen molar-refractivity contribution in [2.24, 2.45) is 0 Å². The highest BCUT2D eigenvalue weighted by molar-refractivity contribution is 6.34. The van der Waals surface area contributed by atoms with Crippen LogP contribution < -0.4 is 0 Å². The Hall–Kier alpha value is -1.22. The number of nitrogens with zero attached hydrogens (tertiary/aromatic N) is 1. The monoisotopic (exact) mass is 198 g/mol. The average Bonchev–Trinajstić information content (AvgIpc) is 2.03. The van der Waals surface area contributed by atoms with Crippen molar-refractivity contribution in [3.8, 4) is 5.75 Å². The van der Waals surface area contributed by atoms with Gasteiger partial charge in [0.25, 0.3) is 0 Å². The second-order valence-electron chi connectivity index (χ2n) is 2.88. The van der Waals surface area contributed by atoms with Gasteiger partial charge >= 0.3 is 0 Å². The topological polar surface area (TPSA) is 47.3 Å². The third-order valence-corrected chi connectivity index (χ3v) is 1.99. The summed E-state index contributed by atoms with van der Waals surface area (Å²) in [5.74, 6) is 0.231. The number of nitrogens with one attached hydrogen (secondary N) is 1. The summed E-state index contributed by atoms with van der Waals surface area (Å²) in [5.41, 5.74) is 0.370. The van der Waals surface area contributed by atoms with Crippen LogP contribution in [0.15, 0.2) is 18.2 Å². The maximum absolute atomic E-state index is 9.46. The average molecular weight is 199 g/mol. The van der Waals surface area contributed by atoms with Gasteiger partial charge in [-0.25, -0.2) is 0 Å². The molecule has 0 heterocycles. The highest BCUT2D eigenvalue weighted by Gasteiger charge is 2.12. The number of aromatic hydroxyl groups is 1. The minimum absolute atomic E-state index is 0.0335. The molecular formula is C9H11ClN2O. The first kappa shape index (κ1) is 9.86. The highest BCUT2D eigenvalue weighted by Crippen LogP contribution is 2.25. The molecule has 4 heteroatoms. The van der Waals surface area contributed by atoms with Gasteiger partial charge in [0.1, 0.15) is 11.6 Å². The molecule has 2 N–H and O–H groups in total. The SMILES string of the molecule is CN(C)C(=N)c1c(O)cccc1Cl. The van der Waals surface area contributed by atoms with Crippen LogP contribution >= 0.6 is 11.6 Å². The fraction of sp³-hybridized carbons (Fsp3) is 0.222. The first-order valence-corrected chi connectivity index (χ1v) is 4.15. The van der Waals surface area contributed by atoms with Gasteiger partial charge in [0.05, 0.1) is 10.6 Å². The van der Waals surface area contributed by atoms with Crippen LogP contribution in [0.2, 0.25) is 5.02 Å². The summed E-state index contributed by atoms with van der Waals surface area (Å²) in [6.07, 6.45) is 0. The van der Waals surface area contributed by atoms with Crippen molar-refractivity contribution in [3.05, 3.63) is 28.8 Å². The molecule has 0 aliphatic heterocycles. The molecule has 0 radical (unpaired) electrons. The van der Waals surface area contributed by atoms with E-state index < -0.39 is 0 Å². The van der Waals surface area contributed by atoms with E-state index in [1.54, 1.807) is 31.1 Å². The van der Waals surface area contributed by atoms with Crippen molar-refractivity contribution in [3.63, 3.8) is 0 Å². The lowest BCUT2D eigenvalue weighted by molar-refractivity contribution is 0.471. The summed E-state index contributed by atoms with van der Waals surface area (Å²) in [4.78, 5) is 1.58. The fourth-order valence-corrected chi connectivity index (χ4v) is 1.23. The van der Waals surface area contributed by atoms with Crippen LogP contribution in [-0.4, -0.2) is 29.9 Å². The van der Waals surface area contributed by atoms with Gasteiger partial charge in [-0.1, -0.05) is 17.7 Å². The third kappa shape index (κ3) is 1.92. The van der Waals surface area contributed by atoms with Crippen LogP contribution in [0.1, 0.15) is 5.56 Å². The van der Waals surface area contributed by atoms with Crippen LogP contribution in [-0.2, 0) is 0 Å². The molecule has 0 aromatic heterocycles. The standard InChI is InChI=1S/C9H11ClN2O/c1-12(2)9(11)8-6(10)4-3-5-7(8)13/h3-5,11,13H,1-2H3. The minimum atomic E-state index is 0.0335. The van der Waals surface area contributed by atoms with Gasteiger partial charge in [-0.15, -0.1) is 0 Å². The smallest absolute Gasteiger partial charge is 0.132 e. The predicted molar refractivity (Wildman–Crippen MR) is 53.6 cm³/mol. The molecule has 3 nitrogen and oxygen atoms in total. The molecule has 13 heavy (non-hydrogen) atoms. The van der Waals surface area contributed by atoms with Gasteiger partial charge in [-0.2, -0.15) is 0 Å². The third-order valence-electron chi connectivity index (χ3n) is 1.68. The molecule has 70 valence electrons. The van der Waals surface area contributed by atoms with Crippen molar-refractivity contribution >= 4 is 17.4 Å². The summed E-state index contributed by atoms with van der Waals surface area (Å²) in [6.45, 7) is 0. The van der Waals surface area contributed by atoms with E-state index in [0.29, 0.717) is 10.6 Å². The van der Waals surface area contributed by atoms with Crippen molar-refractivity contribution in [1.82, 2.24) is 4.90 Å². The Labute approximate surface area is 82.1 Å². The number of halogens is 1. The van der Waals surface area contributed by atoms with Gasteiger partial charge in [0.2, 0.25) is 0 Å². The second kappa shape index (κ2) is 3.66. The quantitative estimate of drug-likeness (QED) is 0.535. The van der Waals surface area contributed by atoms with Crippen molar-refractivity contribution < 1.29 is 5.11 Å². The molecule has 0 saturated carbocycles. The van der Waals surface area contributed by atoms with Crippen LogP contribution in [0.3, 0.4) is 0 Å². The number of benzene rings is 1. The predicted octanol–water partition coefficient (Wildman–Crippen LogP) is 1.93. The molecule has 0 aliphatic carbocycles. The summed E-state index contributed by atoms with van der Waals surface area (Å²) in [6, 6.07) is 4.80. The normalized spacial score (nSPS) is 9.77. The molecule has 0 unspecified atom stereocenters. The molecule has 1 aromatic carbocycles. The first-order chi connectivity index (χ1) is 6.04. The maximum Gasteiger partial charge on any atom is 0.132 e. The molecule has 0 spiro atoms.